The number of urea groups is 1. The average Bonchev–Trinajstić information content (AvgIpc) is 3.16. The number of nitrogens with one attached hydrogen (secondary N) is 1. The minimum atomic E-state index is -0.330. The fourth-order valence-electron chi connectivity index (χ4n) is 3.83. The number of piperazine rings is 1. The Kier molecular flexibility index (Phi) is 4.36. The van der Waals surface area contributed by atoms with E-state index in [9.17, 15) is 14.4 Å². The highest BCUT2D eigenvalue weighted by molar-refractivity contribution is 5.94. The molecule has 136 valence electrons. The number of hydrogen-bond donors (Lipinski definition) is 1. The monoisotopic (exact) mass is 355 g/mol. The number of rotatable bonds is 2. The Balaban J connectivity index is 1.43. The summed E-state index contributed by atoms with van der Waals surface area (Å²) in [5.74, 6) is 0.0115. The Hall–Kier alpha value is -2.83. The first-order valence-electron chi connectivity index (χ1n) is 8.99. The van der Waals surface area contributed by atoms with Gasteiger partial charge in [0, 0.05) is 30.9 Å². The molecule has 1 saturated carbocycles. The van der Waals surface area contributed by atoms with Gasteiger partial charge in [-0.2, -0.15) is 0 Å². The van der Waals surface area contributed by atoms with Gasteiger partial charge in [0.25, 0.3) is 0 Å². The molecule has 1 aliphatic heterocycles. The Morgan fingerprint density at radius 2 is 1.92 bits per heavy atom. The second-order valence-electron chi connectivity index (χ2n) is 6.87. The summed E-state index contributed by atoms with van der Waals surface area (Å²) in [6.45, 7) is 1.19. The second-order valence-corrected chi connectivity index (χ2v) is 6.87. The van der Waals surface area contributed by atoms with Gasteiger partial charge < -0.3 is 19.5 Å². The van der Waals surface area contributed by atoms with E-state index in [0.717, 1.165) is 12.8 Å². The summed E-state index contributed by atoms with van der Waals surface area (Å²) >= 11 is 0. The molecule has 3 amide bonds. The van der Waals surface area contributed by atoms with Gasteiger partial charge in [-0.05, 0) is 31.0 Å². The van der Waals surface area contributed by atoms with Crippen LogP contribution in [-0.4, -0.2) is 47.4 Å². The summed E-state index contributed by atoms with van der Waals surface area (Å²) in [7, 11) is 0. The Morgan fingerprint density at radius 1 is 1.12 bits per heavy atom. The predicted molar refractivity (Wildman–Crippen MR) is 97.0 cm³/mol. The minimum absolute atomic E-state index is 0.0115. The molecule has 0 bridgehead atoms. The third-order valence-electron chi connectivity index (χ3n) is 5.22. The summed E-state index contributed by atoms with van der Waals surface area (Å²) in [5.41, 5.74) is 0.810. The lowest BCUT2D eigenvalue weighted by atomic mass is 10.1. The van der Waals surface area contributed by atoms with Crippen LogP contribution >= 0.6 is 0 Å². The van der Waals surface area contributed by atoms with E-state index >= 15 is 0 Å². The highest BCUT2D eigenvalue weighted by Gasteiger charge is 2.32. The lowest BCUT2D eigenvalue weighted by Gasteiger charge is -2.37. The van der Waals surface area contributed by atoms with Crippen LogP contribution in [0.2, 0.25) is 0 Å². The number of benzene rings is 1. The van der Waals surface area contributed by atoms with Crippen molar-refractivity contribution in [3.05, 3.63) is 40.8 Å². The van der Waals surface area contributed by atoms with Crippen LogP contribution in [0.1, 0.15) is 25.7 Å². The van der Waals surface area contributed by atoms with Crippen LogP contribution in [0.15, 0.2) is 39.7 Å². The fourth-order valence-corrected chi connectivity index (χ4v) is 3.83. The minimum Gasteiger partial charge on any atom is -0.464 e. The van der Waals surface area contributed by atoms with Crippen molar-refractivity contribution in [2.45, 2.75) is 31.7 Å². The molecule has 4 rings (SSSR count). The molecule has 1 aromatic carbocycles. The highest BCUT2D eigenvalue weighted by atomic mass is 16.3. The van der Waals surface area contributed by atoms with Gasteiger partial charge in [-0.1, -0.05) is 12.8 Å². The maximum Gasteiger partial charge on any atom is 0.322 e. The number of hydrogen-bond acceptors (Lipinski definition) is 4. The molecule has 0 unspecified atom stereocenters. The first-order valence-corrected chi connectivity index (χ1v) is 8.99. The van der Waals surface area contributed by atoms with Crippen molar-refractivity contribution >= 4 is 28.6 Å². The number of carbonyl (C=O) groups is 2. The normalized spacial score (nSPS) is 18.5. The molecule has 0 radical (unpaired) electrons. The summed E-state index contributed by atoms with van der Waals surface area (Å²) < 4.78 is 5.27. The maximum absolute atomic E-state index is 12.5. The molecule has 2 aromatic rings. The van der Waals surface area contributed by atoms with Gasteiger partial charge in [-0.3, -0.25) is 9.59 Å². The van der Waals surface area contributed by atoms with Crippen LogP contribution in [0, 0.1) is 0 Å². The second kappa shape index (κ2) is 6.82. The highest BCUT2D eigenvalue weighted by Crippen LogP contribution is 2.25. The molecule has 7 nitrogen and oxygen atoms in total. The molecule has 1 aliphatic carbocycles. The third kappa shape index (κ3) is 3.16. The summed E-state index contributed by atoms with van der Waals surface area (Å²) in [5, 5.41) is 3.18. The largest absolute Gasteiger partial charge is 0.464 e. The van der Waals surface area contributed by atoms with E-state index in [-0.39, 0.29) is 23.9 Å². The topological polar surface area (TPSA) is 82.9 Å². The van der Waals surface area contributed by atoms with Crippen LogP contribution in [-0.2, 0) is 4.79 Å². The van der Waals surface area contributed by atoms with Crippen LogP contribution in [0.5, 0.6) is 0 Å². The number of amides is 3. The fraction of sp³-hybridized carbons (Fsp3) is 0.421. The van der Waals surface area contributed by atoms with Crippen molar-refractivity contribution < 1.29 is 14.0 Å². The molecule has 1 aromatic heterocycles. The molecule has 1 N–H and O–H groups in total. The summed E-state index contributed by atoms with van der Waals surface area (Å²) in [4.78, 5) is 40.3. The van der Waals surface area contributed by atoms with Crippen molar-refractivity contribution in [3.8, 4) is 0 Å². The van der Waals surface area contributed by atoms with Gasteiger partial charge in [-0.25, -0.2) is 4.79 Å². The van der Waals surface area contributed by atoms with Crippen molar-refractivity contribution in [1.29, 1.82) is 0 Å². The zero-order chi connectivity index (χ0) is 18.1. The smallest absolute Gasteiger partial charge is 0.322 e. The summed E-state index contributed by atoms with van der Waals surface area (Å²) in [6, 6.07) is 6.27. The Bertz CT molecular complexity index is 901. The predicted octanol–water partition coefficient (Wildman–Crippen LogP) is 2.41. The molecule has 26 heavy (non-hydrogen) atoms. The summed E-state index contributed by atoms with van der Waals surface area (Å²) in [6.07, 6.45) is 5.83. The quantitative estimate of drug-likeness (QED) is 0.897. The number of anilines is 1. The van der Waals surface area contributed by atoms with Crippen molar-refractivity contribution in [2.75, 3.05) is 25.0 Å². The van der Waals surface area contributed by atoms with Crippen LogP contribution in [0.25, 0.3) is 11.0 Å². The molecule has 1 saturated heterocycles. The Morgan fingerprint density at radius 3 is 2.69 bits per heavy atom. The third-order valence-corrected chi connectivity index (χ3v) is 5.22. The zero-order valence-electron chi connectivity index (χ0n) is 14.4. The van der Waals surface area contributed by atoms with Gasteiger partial charge >= 0.3 is 6.03 Å². The molecule has 2 aliphatic rings. The molecule has 2 heterocycles. The van der Waals surface area contributed by atoms with E-state index in [1.54, 1.807) is 18.2 Å². The molecule has 0 spiro atoms. The van der Waals surface area contributed by atoms with Crippen molar-refractivity contribution in [2.24, 2.45) is 0 Å². The Labute approximate surface area is 150 Å². The van der Waals surface area contributed by atoms with Gasteiger partial charge in [0.15, 0.2) is 5.43 Å². The first kappa shape index (κ1) is 16.6. The van der Waals surface area contributed by atoms with Crippen LogP contribution < -0.4 is 10.7 Å². The van der Waals surface area contributed by atoms with Crippen molar-refractivity contribution in [3.63, 3.8) is 0 Å². The van der Waals surface area contributed by atoms with E-state index in [1.807, 2.05) is 4.90 Å². The van der Waals surface area contributed by atoms with E-state index < -0.39 is 0 Å². The average molecular weight is 355 g/mol. The van der Waals surface area contributed by atoms with Gasteiger partial charge in [0.1, 0.15) is 12.1 Å². The van der Waals surface area contributed by atoms with Crippen LogP contribution in [0.4, 0.5) is 10.5 Å². The lowest BCUT2D eigenvalue weighted by Crippen LogP contribution is -2.55. The number of fused-ring (bicyclic) bond motifs is 1. The zero-order valence-corrected chi connectivity index (χ0v) is 14.4. The lowest BCUT2D eigenvalue weighted by molar-refractivity contribution is -0.137. The SMILES string of the molecule is O=C(Nc1ccc2occc(=O)c2c1)N1CCN(C2CCCC2)C(=O)C1. The van der Waals surface area contributed by atoms with E-state index in [0.29, 0.717) is 35.8 Å². The first-order chi connectivity index (χ1) is 12.6. The van der Waals surface area contributed by atoms with E-state index in [2.05, 4.69) is 5.32 Å². The molecule has 0 atom stereocenters. The molecule has 2 fully saturated rings. The molecular weight excluding hydrogens is 334 g/mol. The maximum atomic E-state index is 12.5. The number of carbonyl (C=O) groups excluding carboxylic acids is 2. The number of nitrogens with zero attached hydrogens (tertiary/aromatic N) is 2. The van der Waals surface area contributed by atoms with Gasteiger partial charge in [0.2, 0.25) is 5.91 Å². The van der Waals surface area contributed by atoms with Crippen LogP contribution in [0.3, 0.4) is 0 Å². The van der Waals surface area contributed by atoms with Gasteiger partial charge in [-0.15, -0.1) is 0 Å². The van der Waals surface area contributed by atoms with Gasteiger partial charge in [0.05, 0.1) is 11.6 Å². The standard InChI is InChI=1S/C19H21N3O4/c23-16-7-10-26-17-6-5-13(11-15(16)17)20-19(25)21-8-9-22(18(24)12-21)14-3-1-2-4-14/h5-7,10-11,14H,1-4,8-9,12H2,(H,20,25). The van der Waals surface area contributed by atoms with E-state index in [1.165, 1.54) is 30.1 Å². The van der Waals surface area contributed by atoms with E-state index in [4.69, 9.17) is 4.42 Å². The molecular formula is C19H21N3O4. The molecule has 7 heteroatoms. The van der Waals surface area contributed by atoms with Crippen molar-refractivity contribution in [1.82, 2.24) is 9.80 Å².